The Morgan fingerprint density at radius 2 is 2.12 bits per heavy atom. The van der Waals surface area contributed by atoms with E-state index < -0.39 is 11.9 Å². The van der Waals surface area contributed by atoms with Gasteiger partial charge in [0.05, 0.1) is 12.2 Å². The number of nitrogen functional groups attached to an aromatic ring is 1. The van der Waals surface area contributed by atoms with Gasteiger partial charge in [-0.2, -0.15) is 5.26 Å². The molecule has 9 heteroatoms. The van der Waals surface area contributed by atoms with Gasteiger partial charge in [-0.05, 0) is 25.1 Å². The van der Waals surface area contributed by atoms with Gasteiger partial charge in [-0.25, -0.2) is 9.59 Å². The molecule has 0 radical (unpaired) electrons. The molecule has 0 bridgehead atoms. The number of nitriles is 1. The molecule has 2 rings (SSSR count). The minimum absolute atomic E-state index is 0.110. The second kappa shape index (κ2) is 9.22. The van der Waals surface area contributed by atoms with E-state index in [0.29, 0.717) is 5.75 Å². The van der Waals surface area contributed by atoms with E-state index in [0.717, 1.165) is 15.8 Å². The molecule has 0 amide bonds. The quantitative estimate of drug-likeness (QED) is 0.659. The Bertz CT molecular complexity index is 859. The average molecular weight is 439 g/mol. The lowest BCUT2D eigenvalue weighted by molar-refractivity contribution is -0.147. The number of carbonyl (C=O) groups is 2. The minimum atomic E-state index is -0.645. The van der Waals surface area contributed by atoms with E-state index in [-0.39, 0.29) is 40.8 Å². The summed E-state index contributed by atoms with van der Waals surface area (Å²) in [5, 5.41) is 9.40. The van der Waals surface area contributed by atoms with Crippen LogP contribution in [-0.4, -0.2) is 25.2 Å². The maximum Gasteiger partial charge on any atom is 0.348 e. The van der Waals surface area contributed by atoms with Crippen molar-refractivity contribution in [3.05, 3.63) is 44.7 Å². The van der Waals surface area contributed by atoms with E-state index in [9.17, 15) is 14.9 Å². The Morgan fingerprint density at radius 3 is 2.77 bits per heavy atom. The van der Waals surface area contributed by atoms with Crippen molar-refractivity contribution < 1.29 is 23.8 Å². The third-order valence-corrected chi connectivity index (χ3v) is 4.67. The van der Waals surface area contributed by atoms with Crippen LogP contribution in [0.1, 0.15) is 27.7 Å². The first-order valence-corrected chi connectivity index (χ1v) is 9.09. The highest BCUT2D eigenvalue weighted by atomic mass is 79.9. The highest BCUT2D eigenvalue weighted by molar-refractivity contribution is 9.10. The molecule has 0 saturated carbocycles. The molecule has 0 aliphatic rings. The molecule has 0 aliphatic heterocycles. The third-order valence-electron chi connectivity index (χ3n) is 3.14. The summed E-state index contributed by atoms with van der Waals surface area (Å²) in [6.45, 7) is 1.26. The first kappa shape index (κ1) is 19.8. The summed E-state index contributed by atoms with van der Waals surface area (Å²) in [4.78, 5) is 24.0. The van der Waals surface area contributed by atoms with Gasteiger partial charge in [-0.1, -0.05) is 22.0 Å². The zero-order chi connectivity index (χ0) is 19.1. The fraction of sp³-hybridized carbons (Fsp3) is 0.235. The Hall–Kier alpha value is -2.57. The molecule has 2 N–H and O–H groups in total. The van der Waals surface area contributed by atoms with Crippen molar-refractivity contribution in [2.45, 2.75) is 13.5 Å². The number of hydrogen-bond donors (Lipinski definition) is 1. The number of halogens is 1. The Kier molecular flexibility index (Phi) is 7.00. The Morgan fingerprint density at radius 1 is 1.35 bits per heavy atom. The Balaban J connectivity index is 2.02. The van der Waals surface area contributed by atoms with Crippen LogP contribution >= 0.6 is 27.3 Å². The van der Waals surface area contributed by atoms with Crippen molar-refractivity contribution in [2.24, 2.45) is 0 Å². The molecule has 1 aromatic heterocycles. The van der Waals surface area contributed by atoms with E-state index in [4.69, 9.17) is 19.9 Å². The molecule has 26 heavy (non-hydrogen) atoms. The maximum absolute atomic E-state index is 12.0. The standard InChI is InChI=1S/C17H15BrN2O5S/c1-2-23-17(22)15-13(12(7-19)16(20)26-15)8-25-14(21)9-24-11-5-3-4-10(18)6-11/h3-6H,2,8-9,20H2,1H3. The van der Waals surface area contributed by atoms with E-state index in [2.05, 4.69) is 15.9 Å². The van der Waals surface area contributed by atoms with Crippen molar-refractivity contribution in [3.63, 3.8) is 0 Å². The lowest BCUT2D eigenvalue weighted by Crippen LogP contribution is -2.16. The number of ether oxygens (including phenoxy) is 3. The lowest BCUT2D eigenvalue weighted by Gasteiger charge is -2.08. The van der Waals surface area contributed by atoms with Crippen LogP contribution in [-0.2, 0) is 20.9 Å². The fourth-order valence-electron chi connectivity index (χ4n) is 2.00. The number of nitrogens with zero attached hydrogens (tertiary/aromatic N) is 1. The maximum atomic E-state index is 12.0. The summed E-state index contributed by atoms with van der Waals surface area (Å²) < 4.78 is 16.2. The summed E-state index contributed by atoms with van der Waals surface area (Å²) in [6.07, 6.45) is 0. The van der Waals surface area contributed by atoms with Crippen molar-refractivity contribution in [1.82, 2.24) is 0 Å². The molecule has 7 nitrogen and oxygen atoms in total. The van der Waals surface area contributed by atoms with Gasteiger partial charge >= 0.3 is 11.9 Å². The number of thiophene rings is 1. The van der Waals surface area contributed by atoms with Crippen LogP contribution in [0.2, 0.25) is 0 Å². The first-order chi connectivity index (χ1) is 12.5. The summed E-state index contributed by atoms with van der Waals surface area (Å²) >= 11 is 4.23. The zero-order valence-corrected chi connectivity index (χ0v) is 16.2. The largest absolute Gasteiger partial charge is 0.482 e. The molecule has 0 aliphatic carbocycles. The SMILES string of the molecule is CCOC(=O)c1sc(N)c(C#N)c1COC(=O)COc1cccc(Br)c1. The summed E-state index contributed by atoms with van der Waals surface area (Å²) in [7, 11) is 0. The van der Waals surface area contributed by atoms with Crippen molar-refractivity contribution in [1.29, 1.82) is 5.26 Å². The lowest BCUT2D eigenvalue weighted by atomic mass is 10.1. The fourth-order valence-corrected chi connectivity index (χ4v) is 3.30. The number of anilines is 1. The van der Waals surface area contributed by atoms with Crippen molar-refractivity contribution >= 4 is 44.2 Å². The topological polar surface area (TPSA) is 112 Å². The first-order valence-electron chi connectivity index (χ1n) is 7.48. The third kappa shape index (κ3) is 4.97. The molecule has 0 spiro atoms. The van der Waals surface area contributed by atoms with Crippen LogP contribution in [0.3, 0.4) is 0 Å². The van der Waals surface area contributed by atoms with E-state index in [1.54, 1.807) is 25.1 Å². The smallest absolute Gasteiger partial charge is 0.348 e. The van der Waals surface area contributed by atoms with Crippen molar-refractivity contribution in [3.8, 4) is 11.8 Å². The number of esters is 2. The van der Waals surface area contributed by atoms with E-state index >= 15 is 0 Å². The van der Waals surface area contributed by atoms with Gasteiger partial charge in [0, 0.05) is 10.0 Å². The van der Waals surface area contributed by atoms with E-state index in [1.165, 1.54) is 0 Å². The predicted octanol–water partition coefficient (Wildman–Crippen LogP) is 3.26. The van der Waals surface area contributed by atoms with Gasteiger partial charge in [0.1, 0.15) is 28.3 Å². The number of rotatable bonds is 7. The van der Waals surface area contributed by atoms with Crippen LogP contribution in [0.25, 0.3) is 0 Å². The highest BCUT2D eigenvalue weighted by Crippen LogP contribution is 2.31. The summed E-state index contributed by atoms with van der Waals surface area (Å²) in [5.74, 6) is -0.753. The molecule has 0 atom stereocenters. The minimum Gasteiger partial charge on any atom is -0.482 e. The molecular weight excluding hydrogens is 424 g/mol. The monoisotopic (exact) mass is 438 g/mol. The molecule has 2 aromatic rings. The van der Waals surface area contributed by atoms with Gasteiger partial charge in [-0.3, -0.25) is 0 Å². The van der Waals surface area contributed by atoms with Gasteiger partial charge < -0.3 is 19.9 Å². The number of carbonyl (C=O) groups excluding carboxylic acids is 2. The molecule has 1 aromatic carbocycles. The van der Waals surface area contributed by atoms with Gasteiger partial charge in [0.15, 0.2) is 6.61 Å². The number of benzene rings is 1. The summed E-state index contributed by atoms with van der Waals surface area (Å²) in [6, 6.07) is 8.92. The highest BCUT2D eigenvalue weighted by Gasteiger charge is 2.23. The molecular formula is C17H15BrN2O5S. The van der Waals surface area contributed by atoms with Gasteiger partial charge in [0.2, 0.25) is 0 Å². The average Bonchev–Trinajstić information content (AvgIpc) is 2.94. The molecule has 136 valence electrons. The van der Waals surface area contributed by atoms with Crippen molar-refractivity contribution in [2.75, 3.05) is 18.9 Å². The molecule has 0 fully saturated rings. The molecule has 1 heterocycles. The normalized spacial score (nSPS) is 10.0. The predicted molar refractivity (Wildman–Crippen MR) is 98.8 cm³/mol. The summed E-state index contributed by atoms with van der Waals surface area (Å²) in [5.41, 5.74) is 6.11. The van der Waals surface area contributed by atoms with Crippen LogP contribution in [0.5, 0.6) is 5.75 Å². The van der Waals surface area contributed by atoms with Gasteiger partial charge in [0.25, 0.3) is 0 Å². The number of nitrogens with two attached hydrogens (primary N) is 1. The van der Waals surface area contributed by atoms with E-state index in [1.807, 2.05) is 12.1 Å². The van der Waals surface area contributed by atoms with Gasteiger partial charge in [-0.15, -0.1) is 11.3 Å². The molecule has 0 saturated heterocycles. The Labute approximate surface area is 162 Å². The van der Waals surface area contributed by atoms with Crippen LogP contribution in [0.15, 0.2) is 28.7 Å². The van der Waals surface area contributed by atoms with Crippen LogP contribution in [0.4, 0.5) is 5.00 Å². The zero-order valence-electron chi connectivity index (χ0n) is 13.8. The number of hydrogen-bond acceptors (Lipinski definition) is 8. The molecule has 0 unspecified atom stereocenters. The second-order valence-corrected chi connectivity index (χ2v) is 6.86. The van der Waals surface area contributed by atoms with Crippen LogP contribution in [0, 0.1) is 11.3 Å². The second-order valence-electron chi connectivity index (χ2n) is 4.89. The van der Waals surface area contributed by atoms with Crippen LogP contribution < -0.4 is 10.5 Å².